The fourth-order valence-corrected chi connectivity index (χ4v) is 3.74. The summed E-state index contributed by atoms with van der Waals surface area (Å²) >= 11 is 0. The average molecular weight is 325 g/mol. The smallest absolute Gasteiger partial charge is 0.255 e. The molecule has 2 aromatic rings. The Labute approximate surface area is 144 Å². The SMILES string of the molecule is Cc1cc(C(=O)N2CCC(N)CC2)c(C)n1C(C)c1ccccc1. The van der Waals surface area contributed by atoms with Crippen molar-refractivity contribution in [1.29, 1.82) is 0 Å². The van der Waals surface area contributed by atoms with Crippen molar-refractivity contribution < 1.29 is 4.79 Å². The van der Waals surface area contributed by atoms with Gasteiger partial charge in [-0.2, -0.15) is 0 Å². The van der Waals surface area contributed by atoms with Crippen LogP contribution in [0.2, 0.25) is 0 Å². The molecule has 4 heteroatoms. The van der Waals surface area contributed by atoms with Crippen LogP contribution in [0.15, 0.2) is 36.4 Å². The van der Waals surface area contributed by atoms with Gasteiger partial charge in [-0.15, -0.1) is 0 Å². The first-order valence-electron chi connectivity index (χ1n) is 8.77. The average Bonchev–Trinajstić information content (AvgIpc) is 2.89. The number of hydrogen-bond donors (Lipinski definition) is 1. The van der Waals surface area contributed by atoms with Gasteiger partial charge in [-0.1, -0.05) is 30.3 Å². The number of amides is 1. The molecule has 1 unspecified atom stereocenters. The Kier molecular flexibility index (Phi) is 4.76. The number of carbonyl (C=O) groups is 1. The molecule has 1 aliphatic rings. The van der Waals surface area contributed by atoms with E-state index in [0.29, 0.717) is 0 Å². The first-order valence-corrected chi connectivity index (χ1v) is 8.77. The van der Waals surface area contributed by atoms with Crippen LogP contribution < -0.4 is 5.73 Å². The fourth-order valence-electron chi connectivity index (χ4n) is 3.74. The van der Waals surface area contributed by atoms with Gasteiger partial charge >= 0.3 is 0 Å². The van der Waals surface area contributed by atoms with Crippen molar-refractivity contribution in [3.8, 4) is 0 Å². The van der Waals surface area contributed by atoms with Gasteiger partial charge < -0.3 is 15.2 Å². The topological polar surface area (TPSA) is 51.3 Å². The summed E-state index contributed by atoms with van der Waals surface area (Å²) in [5.74, 6) is 0.140. The van der Waals surface area contributed by atoms with Crippen LogP contribution >= 0.6 is 0 Å². The largest absolute Gasteiger partial charge is 0.341 e. The molecule has 3 rings (SSSR count). The quantitative estimate of drug-likeness (QED) is 0.941. The lowest BCUT2D eigenvalue weighted by molar-refractivity contribution is 0.0714. The Morgan fingerprint density at radius 2 is 1.79 bits per heavy atom. The number of aromatic nitrogens is 1. The Morgan fingerprint density at radius 1 is 1.17 bits per heavy atom. The fraction of sp³-hybridized carbons (Fsp3) is 0.450. The zero-order valence-electron chi connectivity index (χ0n) is 14.8. The zero-order chi connectivity index (χ0) is 17.3. The number of benzene rings is 1. The van der Waals surface area contributed by atoms with Crippen molar-refractivity contribution in [1.82, 2.24) is 9.47 Å². The molecule has 128 valence electrons. The number of nitrogens with zero attached hydrogens (tertiary/aromatic N) is 2. The lowest BCUT2D eigenvalue weighted by atomic mass is 10.0. The first-order chi connectivity index (χ1) is 11.5. The second-order valence-electron chi connectivity index (χ2n) is 6.87. The summed E-state index contributed by atoms with van der Waals surface area (Å²) < 4.78 is 2.26. The lowest BCUT2D eigenvalue weighted by Gasteiger charge is -2.30. The van der Waals surface area contributed by atoms with Gasteiger partial charge in [0.1, 0.15) is 0 Å². The maximum atomic E-state index is 12.9. The van der Waals surface area contributed by atoms with Gasteiger partial charge in [0.2, 0.25) is 0 Å². The van der Waals surface area contributed by atoms with Gasteiger partial charge in [-0.25, -0.2) is 0 Å². The molecule has 0 radical (unpaired) electrons. The number of nitrogens with two attached hydrogens (primary N) is 1. The number of piperidine rings is 1. The summed E-state index contributed by atoms with van der Waals surface area (Å²) in [6, 6.07) is 12.9. The van der Waals surface area contributed by atoms with E-state index >= 15 is 0 Å². The van der Waals surface area contributed by atoms with Gasteiger partial charge in [0.25, 0.3) is 5.91 Å². The normalized spacial score (nSPS) is 17.1. The Bertz CT molecular complexity index is 712. The minimum atomic E-state index is 0.140. The van der Waals surface area contributed by atoms with E-state index in [0.717, 1.165) is 42.9 Å². The summed E-state index contributed by atoms with van der Waals surface area (Å²) in [7, 11) is 0. The van der Waals surface area contributed by atoms with Gasteiger partial charge in [0.05, 0.1) is 11.6 Å². The van der Waals surface area contributed by atoms with Crippen molar-refractivity contribution >= 4 is 5.91 Å². The van der Waals surface area contributed by atoms with Crippen molar-refractivity contribution in [2.45, 2.75) is 45.7 Å². The second kappa shape index (κ2) is 6.81. The second-order valence-corrected chi connectivity index (χ2v) is 6.87. The van der Waals surface area contributed by atoms with Crippen LogP contribution in [-0.2, 0) is 0 Å². The van der Waals surface area contributed by atoms with E-state index in [9.17, 15) is 4.79 Å². The number of likely N-dealkylation sites (tertiary alicyclic amines) is 1. The highest BCUT2D eigenvalue weighted by Crippen LogP contribution is 2.26. The predicted octanol–water partition coefficient (Wildman–Crippen LogP) is 3.28. The number of hydrogen-bond acceptors (Lipinski definition) is 2. The standard InChI is InChI=1S/C20H27N3O/c1-14-13-19(20(24)22-11-9-18(21)10-12-22)16(3)23(14)15(2)17-7-5-4-6-8-17/h4-8,13,15,18H,9-12,21H2,1-3H3. The Hall–Kier alpha value is -2.07. The van der Waals surface area contributed by atoms with Gasteiger partial charge in [0.15, 0.2) is 0 Å². The maximum Gasteiger partial charge on any atom is 0.255 e. The summed E-state index contributed by atoms with van der Waals surface area (Å²) in [5, 5.41) is 0. The minimum Gasteiger partial charge on any atom is -0.341 e. The molecule has 1 fully saturated rings. The third-order valence-corrected chi connectivity index (χ3v) is 5.21. The molecule has 1 aromatic carbocycles. The molecule has 4 nitrogen and oxygen atoms in total. The van der Waals surface area contributed by atoms with Crippen molar-refractivity contribution in [3.05, 3.63) is 58.9 Å². The molecule has 1 atom stereocenters. The van der Waals surface area contributed by atoms with Crippen molar-refractivity contribution in [2.24, 2.45) is 5.73 Å². The zero-order valence-corrected chi connectivity index (χ0v) is 14.8. The van der Waals surface area contributed by atoms with E-state index in [4.69, 9.17) is 5.73 Å². The third kappa shape index (κ3) is 3.11. The highest BCUT2D eigenvalue weighted by molar-refractivity contribution is 5.95. The number of rotatable bonds is 3. The Balaban J connectivity index is 1.88. The molecule has 1 aromatic heterocycles. The first kappa shape index (κ1) is 16.8. The molecule has 1 amide bonds. The number of aryl methyl sites for hydroxylation is 1. The van der Waals surface area contributed by atoms with E-state index in [1.54, 1.807) is 0 Å². The molecule has 0 saturated carbocycles. The van der Waals surface area contributed by atoms with Crippen LogP contribution in [0.3, 0.4) is 0 Å². The van der Waals surface area contributed by atoms with Crippen LogP contribution in [0, 0.1) is 13.8 Å². The van der Waals surface area contributed by atoms with E-state index < -0.39 is 0 Å². The van der Waals surface area contributed by atoms with E-state index in [1.807, 2.05) is 17.0 Å². The summed E-state index contributed by atoms with van der Waals surface area (Å²) in [4.78, 5) is 14.9. The van der Waals surface area contributed by atoms with E-state index in [-0.39, 0.29) is 18.0 Å². The molecule has 2 N–H and O–H groups in total. The van der Waals surface area contributed by atoms with Crippen LogP contribution in [0.4, 0.5) is 0 Å². The monoisotopic (exact) mass is 325 g/mol. The molecular formula is C20H27N3O. The molecule has 1 aliphatic heterocycles. The van der Waals surface area contributed by atoms with Crippen LogP contribution in [0.1, 0.15) is 53.1 Å². The highest BCUT2D eigenvalue weighted by Gasteiger charge is 2.26. The van der Waals surface area contributed by atoms with Gasteiger partial charge in [-0.3, -0.25) is 4.79 Å². The number of carbonyl (C=O) groups excluding carboxylic acids is 1. The van der Waals surface area contributed by atoms with Crippen LogP contribution in [0.25, 0.3) is 0 Å². The molecule has 0 aliphatic carbocycles. The molecule has 2 heterocycles. The minimum absolute atomic E-state index is 0.140. The molecule has 24 heavy (non-hydrogen) atoms. The summed E-state index contributed by atoms with van der Waals surface area (Å²) in [6.07, 6.45) is 1.79. The van der Waals surface area contributed by atoms with Crippen molar-refractivity contribution in [2.75, 3.05) is 13.1 Å². The molecular weight excluding hydrogens is 298 g/mol. The lowest BCUT2D eigenvalue weighted by Crippen LogP contribution is -2.43. The molecule has 0 spiro atoms. The highest BCUT2D eigenvalue weighted by atomic mass is 16.2. The molecule has 1 saturated heterocycles. The van der Waals surface area contributed by atoms with E-state index in [2.05, 4.69) is 49.6 Å². The Morgan fingerprint density at radius 3 is 2.42 bits per heavy atom. The third-order valence-electron chi connectivity index (χ3n) is 5.21. The van der Waals surface area contributed by atoms with Gasteiger partial charge in [0, 0.05) is 30.5 Å². The van der Waals surface area contributed by atoms with Crippen LogP contribution in [0.5, 0.6) is 0 Å². The van der Waals surface area contributed by atoms with Gasteiger partial charge in [-0.05, 0) is 45.2 Å². The molecule has 0 bridgehead atoms. The maximum absolute atomic E-state index is 12.9. The van der Waals surface area contributed by atoms with Crippen molar-refractivity contribution in [3.63, 3.8) is 0 Å². The summed E-state index contributed by atoms with van der Waals surface area (Å²) in [5.41, 5.74) is 10.2. The van der Waals surface area contributed by atoms with E-state index in [1.165, 1.54) is 5.56 Å². The van der Waals surface area contributed by atoms with Crippen LogP contribution in [-0.4, -0.2) is 34.5 Å². The summed E-state index contributed by atoms with van der Waals surface area (Å²) in [6.45, 7) is 7.84. The predicted molar refractivity (Wildman–Crippen MR) is 97.3 cm³/mol.